The van der Waals surface area contributed by atoms with Gasteiger partial charge in [0.05, 0.1) is 0 Å². The molecule has 0 unspecified atom stereocenters. The molecule has 1 amide bonds. The van der Waals surface area contributed by atoms with Crippen LogP contribution in [-0.4, -0.2) is 21.1 Å². The molecule has 1 heterocycles. The van der Waals surface area contributed by atoms with Gasteiger partial charge in [-0.15, -0.1) is 0 Å². The number of halogens is 1. The third-order valence-electron chi connectivity index (χ3n) is 4.15. The SMILES string of the molecule is O=C1N[C@@H](c2ccc(Cl)cc2)C([Se]c2ccccc2)=C(c2ccccc2)O1. The maximum absolute atomic E-state index is 12.3. The number of ether oxygens (including phenoxy) is 1. The van der Waals surface area contributed by atoms with Crippen molar-refractivity contribution in [3.63, 3.8) is 0 Å². The Kier molecular flexibility index (Phi) is 5.30. The summed E-state index contributed by atoms with van der Waals surface area (Å²) >= 11 is 6.03. The van der Waals surface area contributed by atoms with Crippen LogP contribution in [0.5, 0.6) is 0 Å². The Morgan fingerprint density at radius 2 is 1.48 bits per heavy atom. The predicted molar refractivity (Wildman–Crippen MR) is 109 cm³/mol. The first kappa shape index (κ1) is 17.9. The Labute approximate surface area is 169 Å². The van der Waals surface area contributed by atoms with Gasteiger partial charge in [0.15, 0.2) is 0 Å². The van der Waals surface area contributed by atoms with Crippen molar-refractivity contribution < 1.29 is 9.53 Å². The van der Waals surface area contributed by atoms with Crippen molar-refractivity contribution in [2.75, 3.05) is 0 Å². The van der Waals surface area contributed by atoms with Crippen LogP contribution in [0.2, 0.25) is 5.02 Å². The van der Waals surface area contributed by atoms with Crippen molar-refractivity contribution in [2.45, 2.75) is 6.04 Å². The number of rotatable bonds is 4. The molecule has 5 heteroatoms. The molecule has 0 aromatic heterocycles. The summed E-state index contributed by atoms with van der Waals surface area (Å²) in [6.45, 7) is 0. The number of cyclic esters (lactones) is 1. The van der Waals surface area contributed by atoms with E-state index in [2.05, 4.69) is 17.4 Å². The fraction of sp³-hybridized carbons (Fsp3) is 0.0455. The van der Waals surface area contributed by atoms with Gasteiger partial charge in [-0.25, -0.2) is 0 Å². The van der Waals surface area contributed by atoms with E-state index in [0.717, 1.165) is 15.6 Å². The van der Waals surface area contributed by atoms with Gasteiger partial charge in [0.25, 0.3) is 0 Å². The Balaban J connectivity index is 1.85. The topological polar surface area (TPSA) is 38.3 Å². The summed E-state index contributed by atoms with van der Waals surface area (Å²) < 4.78 is 7.94. The molecule has 0 fully saturated rings. The molecule has 3 nitrogen and oxygen atoms in total. The van der Waals surface area contributed by atoms with Gasteiger partial charge in [-0.3, -0.25) is 0 Å². The van der Waals surface area contributed by atoms with Crippen LogP contribution in [0.25, 0.3) is 5.76 Å². The normalized spacial score (nSPS) is 16.6. The van der Waals surface area contributed by atoms with Crippen LogP contribution < -0.4 is 9.78 Å². The molecule has 4 rings (SSSR count). The van der Waals surface area contributed by atoms with Crippen LogP contribution in [-0.2, 0) is 4.74 Å². The second kappa shape index (κ2) is 8.01. The van der Waals surface area contributed by atoms with Crippen LogP contribution in [0.15, 0.2) is 89.4 Å². The molecular weight excluding hydrogens is 425 g/mol. The molecular formula is C22H16ClNO2Se. The predicted octanol–water partition coefficient (Wildman–Crippen LogP) is 4.52. The fourth-order valence-electron chi connectivity index (χ4n) is 2.89. The summed E-state index contributed by atoms with van der Waals surface area (Å²) in [6.07, 6.45) is -0.443. The molecule has 3 aromatic rings. The average Bonchev–Trinajstić information content (AvgIpc) is 2.71. The molecule has 27 heavy (non-hydrogen) atoms. The van der Waals surface area contributed by atoms with Gasteiger partial charge in [0.1, 0.15) is 0 Å². The second-order valence-corrected chi connectivity index (χ2v) is 8.77. The van der Waals surface area contributed by atoms with E-state index in [4.69, 9.17) is 16.3 Å². The number of amides is 1. The quantitative estimate of drug-likeness (QED) is 0.606. The Bertz CT molecular complexity index is 972. The molecule has 0 saturated carbocycles. The number of nitrogens with one attached hydrogen (secondary N) is 1. The third-order valence-corrected chi connectivity index (χ3v) is 6.82. The number of hydrogen-bond donors (Lipinski definition) is 1. The molecule has 3 aromatic carbocycles. The van der Waals surface area contributed by atoms with Crippen LogP contribution in [0.3, 0.4) is 0 Å². The van der Waals surface area contributed by atoms with Crippen molar-refractivity contribution in [1.29, 1.82) is 0 Å². The summed E-state index contributed by atoms with van der Waals surface area (Å²) in [7, 11) is 0. The zero-order valence-corrected chi connectivity index (χ0v) is 16.7. The molecule has 134 valence electrons. The van der Waals surface area contributed by atoms with E-state index < -0.39 is 6.09 Å². The first-order chi connectivity index (χ1) is 13.2. The summed E-state index contributed by atoms with van der Waals surface area (Å²) in [4.78, 5) is 12.3. The molecule has 1 aliphatic heterocycles. The van der Waals surface area contributed by atoms with E-state index >= 15 is 0 Å². The van der Waals surface area contributed by atoms with Crippen molar-refractivity contribution in [3.8, 4) is 0 Å². The number of alkyl carbamates (subject to hydrolysis) is 1. The monoisotopic (exact) mass is 441 g/mol. The van der Waals surface area contributed by atoms with Gasteiger partial charge in [0.2, 0.25) is 0 Å². The first-order valence-electron chi connectivity index (χ1n) is 8.47. The van der Waals surface area contributed by atoms with Crippen molar-refractivity contribution in [3.05, 3.63) is 106 Å². The molecule has 0 saturated heterocycles. The van der Waals surface area contributed by atoms with Gasteiger partial charge >= 0.3 is 169 Å². The molecule has 1 aliphatic rings. The van der Waals surface area contributed by atoms with Crippen LogP contribution >= 0.6 is 11.6 Å². The first-order valence-corrected chi connectivity index (χ1v) is 10.6. The van der Waals surface area contributed by atoms with Gasteiger partial charge in [0, 0.05) is 0 Å². The molecule has 0 bridgehead atoms. The van der Waals surface area contributed by atoms with E-state index in [1.54, 1.807) is 0 Å². The van der Waals surface area contributed by atoms with E-state index in [9.17, 15) is 4.79 Å². The zero-order valence-electron chi connectivity index (χ0n) is 14.3. The van der Waals surface area contributed by atoms with E-state index in [1.807, 2.05) is 72.8 Å². The Morgan fingerprint density at radius 3 is 2.15 bits per heavy atom. The van der Waals surface area contributed by atoms with E-state index in [1.165, 1.54) is 4.46 Å². The second-order valence-electron chi connectivity index (χ2n) is 5.99. The third kappa shape index (κ3) is 4.09. The van der Waals surface area contributed by atoms with Crippen LogP contribution in [0.4, 0.5) is 4.79 Å². The van der Waals surface area contributed by atoms with Gasteiger partial charge in [-0.2, -0.15) is 0 Å². The molecule has 0 aliphatic carbocycles. The van der Waals surface area contributed by atoms with Crippen LogP contribution in [0, 0.1) is 0 Å². The number of hydrogen-bond acceptors (Lipinski definition) is 2. The van der Waals surface area contributed by atoms with Gasteiger partial charge in [-0.1, -0.05) is 0 Å². The number of benzene rings is 3. The molecule has 0 spiro atoms. The summed E-state index contributed by atoms with van der Waals surface area (Å²) in [6, 6.07) is 27.4. The zero-order chi connectivity index (χ0) is 18.6. The van der Waals surface area contributed by atoms with Crippen molar-refractivity contribution in [2.24, 2.45) is 0 Å². The molecule has 1 atom stereocenters. The number of carbonyl (C=O) groups excluding carboxylic acids is 1. The van der Waals surface area contributed by atoms with E-state index in [-0.39, 0.29) is 21.0 Å². The summed E-state index contributed by atoms with van der Waals surface area (Å²) in [5.74, 6) is 0.642. The van der Waals surface area contributed by atoms with Crippen molar-refractivity contribution >= 4 is 42.9 Å². The maximum atomic E-state index is 12.3. The molecule has 0 radical (unpaired) electrons. The Hall–Kier alpha value is -2.52. The van der Waals surface area contributed by atoms with Crippen LogP contribution in [0.1, 0.15) is 17.2 Å². The average molecular weight is 441 g/mol. The van der Waals surface area contributed by atoms with Gasteiger partial charge < -0.3 is 0 Å². The van der Waals surface area contributed by atoms with Gasteiger partial charge in [-0.05, 0) is 0 Å². The standard InChI is InChI=1S/C22H16ClNO2Se/c23-17-13-11-15(12-14-17)19-21(27-18-9-5-2-6-10-18)20(26-22(25)24-19)16-7-3-1-4-8-16/h1-14,19H,(H,24,25)/t19-/m0/s1. The minimum atomic E-state index is -0.443. The summed E-state index contributed by atoms with van der Waals surface area (Å²) in [5.41, 5.74) is 1.89. The van der Waals surface area contributed by atoms with E-state index in [0.29, 0.717) is 10.8 Å². The fourth-order valence-corrected chi connectivity index (χ4v) is 5.35. The number of carbonyl (C=O) groups is 1. The molecule has 1 N–H and O–H groups in total. The Morgan fingerprint density at radius 1 is 0.852 bits per heavy atom. The minimum absolute atomic E-state index is 0.0234. The van der Waals surface area contributed by atoms with Crippen molar-refractivity contribution in [1.82, 2.24) is 5.32 Å². The summed E-state index contributed by atoms with van der Waals surface area (Å²) in [5, 5.41) is 3.64.